The van der Waals surface area contributed by atoms with Gasteiger partial charge < -0.3 is 15.3 Å². The lowest BCUT2D eigenvalue weighted by atomic mass is 9.44. The molecule has 0 unspecified atom stereocenters. The molecular weight excluding hydrogens is 276 g/mol. The number of hydrogen-bond donors (Lipinski definition) is 3. The molecule has 9 atom stereocenters. The molecule has 4 saturated carbocycles. The molecule has 4 aliphatic carbocycles. The van der Waals surface area contributed by atoms with Crippen molar-refractivity contribution in [2.75, 3.05) is 0 Å². The Morgan fingerprint density at radius 3 is 2.23 bits per heavy atom. The fraction of sp³-hybridized carbons (Fsp3) is 1.00. The van der Waals surface area contributed by atoms with Gasteiger partial charge in [0.25, 0.3) is 0 Å². The summed E-state index contributed by atoms with van der Waals surface area (Å²) in [5.41, 5.74) is 0.317. The van der Waals surface area contributed by atoms with Crippen LogP contribution < -0.4 is 0 Å². The zero-order valence-electron chi connectivity index (χ0n) is 14.0. The number of aliphatic hydroxyl groups is 3. The summed E-state index contributed by atoms with van der Waals surface area (Å²) >= 11 is 0. The van der Waals surface area contributed by atoms with Gasteiger partial charge in [0.1, 0.15) is 0 Å². The van der Waals surface area contributed by atoms with Gasteiger partial charge in [0, 0.05) is 0 Å². The Morgan fingerprint density at radius 1 is 0.773 bits per heavy atom. The molecular formula is C19H32O3. The first-order chi connectivity index (χ1) is 10.4. The van der Waals surface area contributed by atoms with Crippen LogP contribution in [0.1, 0.15) is 65.2 Å². The molecule has 0 amide bonds. The molecule has 3 nitrogen and oxygen atoms in total. The Balaban J connectivity index is 1.67. The van der Waals surface area contributed by atoms with Crippen LogP contribution in [0.25, 0.3) is 0 Å². The smallest absolute Gasteiger partial charge is 0.0596 e. The maximum atomic E-state index is 10.9. The summed E-state index contributed by atoms with van der Waals surface area (Å²) in [7, 11) is 0. The van der Waals surface area contributed by atoms with Crippen molar-refractivity contribution in [2.45, 2.75) is 83.5 Å². The second-order valence-corrected chi connectivity index (χ2v) is 9.36. The van der Waals surface area contributed by atoms with Crippen LogP contribution in [0.4, 0.5) is 0 Å². The van der Waals surface area contributed by atoms with Crippen molar-refractivity contribution in [3.8, 4) is 0 Å². The van der Waals surface area contributed by atoms with Gasteiger partial charge in [-0.25, -0.2) is 0 Å². The lowest BCUT2D eigenvalue weighted by Crippen LogP contribution is -2.58. The van der Waals surface area contributed by atoms with E-state index in [2.05, 4.69) is 13.8 Å². The topological polar surface area (TPSA) is 60.7 Å². The van der Waals surface area contributed by atoms with Gasteiger partial charge in [0.05, 0.1) is 18.3 Å². The molecule has 4 fully saturated rings. The van der Waals surface area contributed by atoms with Gasteiger partial charge in [-0.3, -0.25) is 0 Å². The minimum absolute atomic E-state index is 0.0273. The number of aliphatic hydroxyl groups excluding tert-OH is 3. The summed E-state index contributed by atoms with van der Waals surface area (Å²) in [6.45, 7) is 4.69. The molecule has 0 aromatic carbocycles. The van der Waals surface area contributed by atoms with Crippen molar-refractivity contribution in [1.82, 2.24) is 0 Å². The molecule has 0 aromatic heterocycles. The van der Waals surface area contributed by atoms with E-state index >= 15 is 0 Å². The average molecular weight is 308 g/mol. The fourth-order valence-corrected chi connectivity index (χ4v) is 7.17. The van der Waals surface area contributed by atoms with Crippen molar-refractivity contribution in [1.29, 1.82) is 0 Å². The molecule has 4 aliphatic rings. The lowest BCUT2D eigenvalue weighted by Gasteiger charge is -2.62. The highest BCUT2D eigenvalue weighted by Crippen LogP contribution is 2.66. The molecule has 0 spiro atoms. The van der Waals surface area contributed by atoms with E-state index in [0.29, 0.717) is 23.7 Å². The van der Waals surface area contributed by atoms with Crippen LogP contribution in [0, 0.1) is 34.5 Å². The highest BCUT2D eigenvalue weighted by atomic mass is 16.3. The normalized spacial score (nSPS) is 61.2. The van der Waals surface area contributed by atoms with Gasteiger partial charge >= 0.3 is 0 Å². The van der Waals surface area contributed by atoms with Crippen molar-refractivity contribution in [3.63, 3.8) is 0 Å². The minimum atomic E-state index is -0.233. The molecule has 0 bridgehead atoms. The van der Waals surface area contributed by atoms with E-state index in [1.807, 2.05) is 0 Å². The van der Waals surface area contributed by atoms with E-state index in [4.69, 9.17) is 0 Å². The predicted octanol–water partition coefficient (Wildman–Crippen LogP) is 2.72. The summed E-state index contributed by atoms with van der Waals surface area (Å²) in [5, 5.41) is 31.5. The summed E-state index contributed by atoms with van der Waals surface area (Å²) in [6.07, 6.45) is 7.45. The Kier molecular flexibility index (Phi) is 3.46. The van der Waals surface area contributed by atoms with E-state index in [1.54, 1.807) is 0 Å². The largest absolute Gasteiger partial charge is 0.393 e. The lowest BCUT2D eigenvalue weighted by molar-refractivity contribution is -0.176. The average Bonchev–Trinajstić information content (AvgIpc) is 2.77. The van der Waals surface area contributed by atoms with Gasteiger partial charge in [0.2, 0.25) is 0 Å². The molecule has 0 radical (unpaired) electrons. The van der Waals surface area contributed by atoms with Crippen molar-refractivity contribution in [2.24, 2.45) is 34.5 Å². The van der Waals surface area contributed by atoms with Gasteiger partial charge in [0.15, 0.2) is 0 Å². The summed E-state index contributed by atoms with van der Waals surface area (Å²) in [5.74, 6) is 1.91. The first-order valence-electron chi connectivity index (χ1n) is 9.40. The van der Waals surface area contributed by atoms with E-state index < -0.39 is 0 Å². The van der Waals surface area contributed by atoms with Gasteiger partial charge in [-0.2, -0.15) is 0 Å². The highest BCUT2D eigenvalue weighted by molar-refractivity contribution is 5.11. The number of rotatable bonds is 0. The summed E-state index contributed by atoms with van der Waals surface area (Å²) in [4.78, 5) is 0. The van der Waals surface area contributed by atoms with Crippen LogP contribution in [0.15, 0.2) is 0 Å². The Morgan fingerprint density at radius 2 is 1.45 bits per heavy atom. The second-order valence-electron chi connectivity index (χ2n) is 9.36. The SMILES string of the molecule is C[C@]12CC[C@@H](O)C[C@H]1C[C@@H](O)[C@@H]1[C@@H]2CC[C@]2(C)[C@@H](O)CC[C@@H]12. The molecule has 4 rings (SSSR count). The zero-order chi connectivity index (χ0) is 15.7. The van der Waals surface area contributed by atoms with E-state index in [9.17, 15) is 15.3 Å². The molecule has 0 saturated heterocycles. The molecule has 3 heteroatoms. The first-order valence-corrected chi connectivity index (χ1v) is 9.40. The van der Waals surface area contributed by atoms with Crippen LogP contribution in [0.2, 0.25) is 0 Å². The molecule has 3 N–H and O–H groups in total. The quantitative estimate of drug-likeness (QED) is 0.645. The molecule has 0 aliphatic heterocycles. The molecule has 0 heterocycles. The van der Waals surface area contributed by atoms with E-state index in [-0.39, 0.29) is 29.1 Å². The van der Waals surface area contributed by atoms with E-state index in [1.165, 1.54) is 0 Å². The maximum Gasteiger partial charge on any atom is 0.0596 e. The Bertz CT molecular complexity index is 452. The van der Waals surface area contributed by atoms with Crippen LogP contribution in [0.5, 0.6) is 0 Å². The van der Waals surface area contributed by atoms with Gasteiger partial charge in [-0.1, -0.05) is 13.8 Å². The summed E-state index contributed by atoms with van der Waals surface area (Å²) in [6, 6.07) is 0. The third kappa shape index (κ3) is 1.91. The third-order valence-electron chi connectivity index (χ3n) is 8.61. The highest BCUT2D eigenvalue weighted by Gasteiger charge is 2.62. The van der Waals surface area contributed by atoms with Crippen molar-refractivity contribution >= 4 is 0 Å². The molecule has 22 heavy (non-hydrogen) atoms. The van der Waals surface area contributed by atoms with E-state index in [0.717, 1.165) is 51.4 Å². The zero-order valence-corrected chi connectivity index (χ0v) is 14.0. The third-order valence-corrected chi connectivity index (χ3v) is 8.61. The van der Waals surface area contributed by atoms with Crippen molar-refractivity contribution in [3.05, 3.63) is 0 Å². The summed E-state index contributed by atoms with van der Waals surface area (Å²) < 4.78 is 0. The first kappa shape index (κ1) is 15.4. The monoisotopic (exact) mass is 308 g/mol. The van der Waals surface area contributed by atoms with Crippen LogP contribution >= 0.6 is 0 Å². The fourth-order valence-electron chi connectivity index (χ4n) is 7.17. The van der Waals surface area contributed by atoms with Crippen LogP contribution in [-0.4, -0.2) is 33.6 Å². The second kappa shape index (κ2) is 4.94. The van der Waals surface area contributed by atoms with Crippen molar-refractivity contribution < 1.29 is 15.3 Å². The Hall–Kier alpha value is -0.120. The standard InChI is InChI=1S/C19H32O3/c1-18-7-5-12(20)9-11(18)10-15(21)17-13-3-4-16(22)19(13,2)8-6-14(17)18/h11-17,20-22H,3-10H2,1-2H3/t11-,12+,13-,14-,15+,16-,17-,18-,19-/m0/s1. The van der Waals surface area contributed by atoms with Gasteiger partial charge in [-0.05, 0) is 85.9 Å². The molecule has 126 valence electrons. The van der Waals surface area contributed by atoms with Gasteiger partial charge in [-0.15, -0.1) is 0 Å². The maximum absolute atomic E-state index is 10.9. The predicted molar refractivity (Wildman–Crippen MR) is 85.1 cm³/mol. The number of hydrogen-bond acceptors (Lipinski definition) is 3. The van der Waals surface area contributed by atoms with Crippen LogP contribution in [-0.2, 0) is 0 Å². The Labute approximate surface area is 134 Å². The molecule has 0 aromatic rings. The number of fused-ring (bicyclic) bond motifs is 5. The minimum Gasteiger partial charge on any atom is -0.393 e. The van der Waals surface area contributed by atoms with Crippen LogP contribution in [0.3, 0.4) is 0 Å².